The topological polar surface area (TPSA) is 182 Å². The summed E-state index contributed by atoms with van der Waals surface area (Å²) in [5.74, 6) is -16.5. The number of piperidine rings is 1. The number of pyridine rings is 1. The average Bonchev–Trinajstić information content (AvgIpc) is 3.84. The molecule has 6 aromatic rings. The third-order valence-corrected chi connectivity index (χ3v) is 15.4. The Kier molecular flexibility index (Phi) is 13.3. The zero-order chi connectivity index (χ0) is 53.8. The number of fused-ring (bicyclic) bond motifs is 5. The molecule has 15 nitrogen and oxygen atoms in total. The Hall–Kier alpha value is -5.86. The molecule has 3 aliphatic carbocycles. The summed E-state index contributed by atoms with van der Waals surface area (Å²) < 4.78 is 178. The van der Waals surface area contributed by atoms with Gasteiger partial charge >= 0.3 is 0 Å². The Bertz CT molecular complexity index is 3420. The molecule has 5 heterocycles. The van der Waals surface area contributed by atoms with E-state index < -0.39 is 149 Å². The van der Waals surface area contributed by atoms with Crippen molar-refractivity contribution >= 4 is 55.3 Å². The monoisotopic (exact) mass is 1100 g/mol. The average molecular weight is 1100 g/mol. The van der Waals surface area contributed by atoms with Gasteiger partial charge in [-0.2, -0.15) is 19.0 Å². The maximum atomic E-state index is 15.8. The highest BCUT2D eigenvalue weighted by atomic mass is 35.5. The van der Waals surface area contributed by atoms with E-state index in [0.29, 0.717) is 10.7 Å². The van der Waals surface area contributed by atoms with Crippen molar-refractivity contribution in [2.45, 2.75) is 120 Å². The lowest BCUT2D eigenvalue weighted by atomic mass is 9.84. The number of likely N-dealkylation sites (tertiary alicyclic amines) is 1. The van der Waals surface area contributed by atoms with Gasteiger partial charge in [-0.3, -0.25) is 28.2 Å². The summed E-state index contributed by atoms with van der Waals surface area (Å²) in [4.78, 5) is 41.4. The van der Waals surface area contributed by atoms with Crippen LogP contribution in [0, 0.1) is 17.6 Å². The Morgan fingerprint density at radius 2 is 1.57 bits per heavy atom. The minimum absolute atomic E-state index is 0.0293. The van der Waals surface area contributed by atoms with Crippen molar-refractivity contribution in [3.63, 3.8) is 0 Å². The van der Waals surface area contributed by atoms with E-state index in [9.17, 15) is 44.7 Å². The van der Waals surface area contributed by atoms with Crippen LogP contribution in [0.4, 0.5) is 49.7 Å². The molecule has 1 saturated heterocycles. The fourth-order valence-corrected chi connectivity index (χ4v) is 11.6. The van der Waals surface area contributed by atoms with Crippen LogP contribution in [-0.4, -0.2) is 96.2 Å². The van der Waals surface area contributed by atoms with Crippen molar-refractivity contribution in [2.75, 3.05) is 30.6 Å². The fourth-order valence-electron chi connectivity index (χ4n) is 10.9. The molecule has 0 radical (unpaired) electrons. The van der Waals surface area contributed by atoms with Gasteiger partial charge in [-0.05, 0) is 73.6 Å². The molecule has 4 aliphatic rings. The van der Waals surface area contributed by atoms with Gasteiger partial charge in [0.2, 0.25) is 21.9 Å². The molecule has 0 spiro atoms. The van der Waals surface area contributed by atoms with Gasteiger partial charge in [-0.1, -0.05) is 11.6 Å². The number of aliphatic hydroxyl groups is 1. The first-order valence-electron chi connectivity index (χ1n) is 24.0. The summed E-state index contributed by atoms with van der Waals surface area (Å²) in [6.45, 7) is 0.0465. The number of rotatable bonds is 15. The lowest BCUT2D eigenvalue weighted by Gasteiger charge is -2.31. The normalized spacial score (nSPS) is 21.1. The summed E-state index contributed by atoms with van der Waals surface area (Å²) in [5, 5.41) is 21.6. The Morgan fingerprint density at radius 1 is 0.907 bits per heavy atom. The number of hydrogen-bond acceptors (Lipinski definition) is 10. The van der Waals surface area contributed by atoms with Gasteiger partial charge in [0.25, 0.3) is 23.8 Å². The number of amides is 1. The number of anilines is 1. The van der Waals surface area contributed by atoms with Gasteiger partial charge in [0, 0.05) is 80.9 Å². The standard InChI is InChI=1S/C48H47ClF10N10O5S/c1-22(70)27-20-31(24-5-7-46(54,55)8-6-24)61-42-36(27)45(72)69(33-4-3-30(49)37-39(33)67(64-43(37)65-75(2,73)74)14-13-66-11-9-47(56,57)10-12-66)44(62-42)32(17-23-15-25(50)18-26(51)16-23)60-34(71)21-68-40-35(38(63-68)41(52)53)28-19-29(28)48(40,58)59/h3-4,15-16,18,20,22,24,28-29,32,41,70H,5-14,17,19,21H2,1-2H3,(H,60,71)(H,64,65)/t22-,28-,29+,32-/m0/s1. The minimum Gasteiger partial charge on any atom is -0.389 e. The van der Waals surface area contributed by atoms with Crippen LogP contribution in [0.2, 0.25) is 5.02 Å². The second kappa shape index (κ2) is 19.0. The summed E-state index contributed by atoms with van der Waals surface area (Å²) >= 11 is 6.82. The molecule has 3 fully saturated rings. The molecule has 27 heteroatoms. The summed E-state index contributed by atoms with van der Waals surface area (Å²) in [5.41, 5.74) is -3.97. The van der Waals surface area contributed by atoms with Crippen LogP contribution in [0.5, 0.6) is 0 Å². The lowest BCUT2D eigenvalue weighted by Crippen LogP contribution is -2.40. The van der Waals surface area contributed by atoms with Crippen LogP contribution in [0.25, 0.3) is 27.6 Å². The van der Waals surface area contributed by atoms with E-state index in [1.807, 2.05) is 0 Å². The first-order valence-corrected chi connectivity index (χ1v) is 26.3. The molecule has 10 rings (SSSR count). The van der Waals surface area contributed by atoms with Crippen molar-refractivity contribution in [2.24, 2.45) is 5.92 Å². The van der Waals surface area contributed by atoms with Gasteiger partial charge in [0.05, 0.1) is 51.9 Å². The molecule has 4 atom stereocenters. The van der Waals surface area contributed by atoms with E-state index in [0.717, 1.165) is 23.0 Å². The SMILES string of the molecule is C[C@H](O)c1cc(C2CCC(F)(F)CC2)nc2nc([C@H](Cc3cc(F)cc(F)c3)NC(=O)Cn3nc(C(F)F)c4c3C(F)(F)[C@@H]3C[C@H]43)n(-c3ccc(Cl)c4c(NS(C)(=O)=O)nn(CCN5CCC(F)(F)CC5)c34)c(=O)c12. The highest BCUT2D eigenvalue weighted by molar-refractivity contribution is 7.92. The van der Waals surface area contributed by atoms with Crippen molar-refractivity contribution in [1.29, 1.82) is 0 Å². The van der Waals surface area contributed by atoms with E-state index in [-0.39, 0.29) is 101 Å². The number of hydrogen-bond donors (Lipinski definition) is 3. The van der Waals surface area contributed by atoms with Gasteiger partial charge in [-0.15, -0.1) is 0 Å². The number of carbonyl (C=O) groups is 1. The number of nitrogens with one attached hydrogen (secondary N) is 2. The molecule has 4 aromatic heterocycles. The zero-order valence-corrected chi connectivity index (χ0v) is 41.4. The first-order chi connectivity index (χ1) is 35.2. The molecule has 1 amide bonds. The summed E-state index contributed by atoms with van der Waals surface area (Å²) in [6, 6.07) is 4.53. The number of benzene rings is 2. The zero-order valence-electron chi connectivity index (χ0n) is 39.8. The predicted octanol–water partition coefficient (Wildman–Crippen LogP) is 8.95. The Labute approximate surface area is 425 Å². The minimum atomic E-state index is -4.13. The molecule has 1 aliphatic heterocycles. The van der Waals surface area contributed by atoms with Crippen LogP contribution < -0.4 is 15.6 Å². The maximum absolute atomic E-state index is 15.8. The molecular formula is C48H47ClF10N10O5S. The molecule has 0 bridgehead atoms. The van der Waals surface area contributed by atoms with Crippen LogP contribution in [-0.2, 0) is 40.3 Å². The first kappa shape index (κ1) is 52.6. The third kappa shape index (κ3) is 10.2. The maximum Gasteiger partial charge on any atom is 0.293 e. The molecule has 402 valence electrons. The molecule has 3 N–H and O–H groups in total. The lowest BCUT2D eigenvalue weighted by molar-refractivity contribution is -0.123. The third-order valence-electron chi connectivity index (χ3n) is 14.5. The number of nitrogens with zero attached hydrogens (tertiary/aromatic N) is 8. The van der Waals surface area contributed by atoms with Gasteiger partial charge < -0.3 is 15.3 Å². The number of halogens is 11. The summed E-state index contributed by atoms with van der Waals surface area (Å²) in [7, 11) is -4.13. The quantitative estimate of drug-likeness (QED) is 0.0840. The molecule has 2 saturated carbocycles. The van der Waals surface area contributed by atoms with Crippen molar-refractivity contribution in [1.82, 2.24) is 44.3 Å². The van der Waals surface area contributed by atoms with Crippen LogP contribution in [0.1, 0.15) is 122 Å². The van der Waals surface area contributed by atoms with E-state index in [4.69, 9.17) is 16.6 Å². The second-order valence-corrected chi connectivity index (χ2v) is 22.1. The second-order valence-electron chi connectivity index (χ2n) is 20.0. The van der Waals surface area contributed by atoms with Crippen molar-refractivity contribution in [3.8, 4) is 5.69 Å². The van der Waals surface area contributed by atoms with Crippen molar-refractivity contribution < 1.29 is 62.2 Å². The highest BCUT2D eigenvalue weighted by Gasteiger charge is 2.67. The number of carbonyl (C=O) groups excluding carboxylic acids is 1. The number of alkyl halides is 8. The van der Waals surface area contributed by atoms with Crippen LogP contribution in [0.3, 0.4) is 0 Å². The van der Waals surface area contributed by atoms with Crippen LogP contribution >= 0.6 is 11.6 Å². The van der Waals surface area contributed by atoms with Gasteiger partial charge in [-0.25, -0.2) is 53.5 Å². The van der Waals surface area contributed by atoms with E-state index in [1.54, 1.807) is 4.90 Å². The fraction of sp³-hybridized carbons (Fsp3) is 0.500. The number of aliphatic hydroxyl groups excluding tert-OH is 1. The summed E-state index contributed by atoms with van der Waals surface area (Å²) in [6.07, 6.45) is -6.68. The Morgan fingerprint density at radius 3 is 2.21 bits per heavy atom. The molecule has 75 heavy (non-hydrogen) atoms. The van der Waals surface area contributed by atoms with Crippen molar-refractivity contribution in [3.05, 3.63) is 103 Å². The smallest absolute Gasteiger partial charge is 0.293 e. The van der Waals surface area contributed by atoms with Gasteiger partial charge in [0.1, 0.15) is 35.4 Å². The Balaban J connectivity index is 1.20. The number of sulfonamides is 1. The van der Waals surface area contributed by atoms with E-state index in [1.165, 1.54) is 29.8 Å². The largest absolute Gasteiger partial charge is 0.389 e. The molecule has 2 aromatic carbocycles. The van der Waals surface area contributed by atoms with E-state index in [2.05, 4.69) is 25.2 Å². The van der Waals surface area contributed by atoms with E-state index >= 15 is 22.4 Å². The number of aromatic nitrogens is 7. The highest BCUT2D eigenvalue weighted by Crippen LogP contribution is 2.68. The van der Waals surface area contributed by atoms with Gasteiger partial charge in [0.15, 0.2) is 11.5 Å². The van der Waals surface area contributed by atoms with Crippen LogP contribution in [0.15, 0.2) is 41.2 Å². The predicted molar refractivity (Wildman–Crippen MR) is 252 cm³/mol. The molecular weight excluding hydrogens is 1050 g/mol. The molecule has 0 unspecified atom stereocenters.